The van der Waals surface area contributed by atoms with Crippen molar-refractivity contribution in [1.29, 1.82) is 0 Å². The first-order valence-corrected chi connectivity index (χ1v) is 11.6. The smallest absolute Gasteiger partial charge is 0.255 e. The Kier molecular flexibility index (Phi) is 4.76. The van der Waals surface area contributed by atoms with E-state index in [4.69, 9.17) is 0 Å². The van der Waals surface area contributed by atoms with Crippen LogP contribution in [0.4, 0.5) is 11.4 Å². The van der Waals surface area contributed by atoms with Crippen molar-refractivity contribution in [2.45, 2.75) is 25.3 Å². The van der Waals surface area contributed by atoms with Gasteiger partial charge < -0.3 is 10.6 Å². The number of carbonyl (C=O) groups is 1. The van der Waals surface area contributed by atoms with Crippen LogP contribution in [0.1, 0.15) is 45.4 Å². The number of carbonyl (C=O) groups excluding carboxylic acids is 1. The Labute approximate surface area is 194 Å². The molecule has 0 radical (unpaired) electrons. The summed E-state index contributed by atoms with van der Waals surface area (Å²) in [7, 11) is 0. The maximum Gasteiger partial charge on any atom is 0.255 e. The Morgan fingerprint density at radius 2 is 1.76 bits per heavy atom. The van der Waals surface area contributed by atoms with Gasteiger partial charge in [0.1, 0.15) is 0 Å². The Morgan fingerprint density at radius 1 is 0.909 bits per heavy atom. The second kappa shape index (κ2) is 7.93. The van der Waals surface area contributed by atoms with Gasteiger partial charge in [-0.3, -0.25) is 4.79 Å². The highest BCUT2D eigenvalue weighted by atomic mass is 16.1. The standard InChI is InChI=1S/C30H26N2O/c1-19-7-4-10-21(17-19)30(33)31-22-15-16-28-27(18-22)24-12-6-14-26(24)29(32-28)25-13-5-9-20-8-2-3-11-23(20)25/h2-13,15-18,24,26,29,32H,14H2,1H3,(H,31,33). The molecule has 162 valence electrons. The van der Waals surface area contributed by atoms with Crippen molar-refractivity contribution < 1.29 is 4.79 Å². The molecule has 0 aromatic heterocycles. The van der Waals surface area contributed by atoms with Crippen molar-refractivity contribution >= 4 is 28.1 Å². The molecule has 0 fully saturated rings. The first-order chi connectivity index (χ1) is 16.2. The van der Waals surface area contributed by atoms with E-state index >= 15 is 0 Å². The molecule has 4 aromatic rings. The summed E-state index contributed by atoms with van der Waals surface area (Å²) in [5.41, 5.74) is 6.36. The zero-order valence-electron chi connectivity index (χ0n) is 18.6. The minimum absolute atomic E-state index is 0.0745. The first kappa shape index (κ1) is 19.8. The number of rotatable bonds is 3. The predicted molar refractivity (Wildman–Crippen MR) is 136 cm³/mol. The lowest BCUT2D eigenvalue weighted by Gasteiger charge is -2.38. The van der Waals surface area contributed by atoms with E-state index < -0.39 is 0 Å². The SMILES string of the molecule is Cc1cccc(C(=O)Nc2ccc3c(c2)C2C=CCC2C(c2cccc4ccccc24)N3)c1. The molecule has 1 aliphatic heterocycles. The van der Waals surface area contributed by atoms with Gasteiger partial charge in [-0.05, 0) is 71.5 Å². The lowest BCUT2D eigenvalue weighted by Crippen LogP contribution is -2.29. The highest BCUT2D eigenvalue weighted by Crippen LogP contribution is 2.51. The number of hydrogen-bond acceptors (Lipinski definition) is 2. The molecule has 0 saturated carbocycles. The lowest BCUT2D eigenvalue weighted by molar-refractivity contribution is 0.102. The van der Waals surface area contributed by atoms with Gasteiger partial charge in [-0.15, -0.1) is 0 Å². The van der Waals surface area contributed by atoms with Crippen LogP contribution in [0, 0.1) is 12.8 Å². The minimum Gasteiger partial charge on any atom is -0.378 e. The summed E-state index contributed by atoms with van der Waals surface area (Å²) in [6.07, 6.45) is 5.70. The second-order valence-electron chi connectivity index (χ2n) is 9.17. The van der Waals surface area contributed by atoms with Crippen LogP contribution in [0.5, 0.6) is 0 Å². The fourth-order valence-corrected chi connectivity index (χ4v) is 5.49. The number of amides is 1. The Balaban J connectivity index is 1.34. The topological polar surface area (TPSA) is 41.1 Å². The van der Waals surface area contributed by atoms with Gasteiger partial charge in [0.2, 0.25) is 0 Å². The summed E-state index contributed by atoms with van der Waals surface area (Å²) in [5, 5.41) is 9.53. The predicted octanol–water partition coefficient (Wildman–Crippen LogP) is 7.23. The van der Waals surface area contributed by atoms with Gasteiger partial charge in [-0.25, -0.2) is 0 Å². The summed E-state index contributed by atoms with van der Waals surface area (Å²) in [5.74, 6) is 0.710. The number of aryl methyl sites for hydroxylation is 1. The van der Waals surface area contributed by atoms with Crippen molar-refractivity contribution in [3.05, 3.63) is 119 Å². The van der Waals surface area contributed by atoms with Gasteiger partial charge in [0.05, 0.1) is 6.04 Å². The van der Waals surface area contributed by atoms with Crippen molar-refractivity contribution in [3.63, 3.8) is 0 Å². The Bertz CT molecular complexity index is 1400. The van der Waals surface area contributed by atoms with Crippen molar-refractivity contribution in [1.82, 2.24) is 0 Å². The van der Waals surface area contributed by atoms with E-state index in [0.717, 1.165) is 23.4 Å². The number of fused-ring (bicyclic) bond motifs is 4. The fraction of sp³-hybridized carbons (Fsp3) is 0.167. The third kappa shape index (κ3) is 3.50. The molecule has 3 unspecified atom stereocenters. The van der Waals surface area contributed by atoms with Crippen LogP contribution < -0.4 is 10.6 Å². The van der Waals surface area contributed by atoms with Gasteiger partial charge in [0, 0.05) is 22.9 Å². The van der Waals surface area contributed by atoms with Crippen LogP contribution in [0.25, 0.3) is 10.8 Å². The van der Waals surface area contributed by atoms with Crippen LogP contribution in [-0.2, 0) is 0 Å². The maximum absolute atomic E-state index is 12.8. The molecule has 3 nitrogen and oxygen atoms in total. The highest BCUT2D eigenvalue weighted by molar-refractivity contribution is 6.04. The van der Waals surface area contributed by atoms with Gasteiger partial charge in [0.25, 0.3) is 5.91 Å². The number of hydrogen-bond donors (Lipinski definition) is 2. The van der Waals surface area contributed by atoms with Crippen LogP contribution in [0.2, 0.25) is 0 Å². The zero-order valence-corrected chi connectivity index (χ0v) is 18.6. The summed E-state index contributed by atoms with van der Waals surface area (Å²) < 4.78 is 0. The van der Waals surface area contributed by atoms with Gasteiger partial charge >= 0.3 is 0 Å². The molecule has 0 spiro atoms. The summed E-state index contributed by atoms with van der Waals surface area (Å²) in [6, 6.07) is 29.4. The van der Waals surface area contributed by atoms with Gasteiger partial charge in [-0.1, -0.05) is 72.3 Å². The number of anilines is 2. The summed E-state index contributed by atoms with van der Waals surface area (Å²) in [6.45, 7) is 2.00. The van der Waals surface area contributed by atoms with Crippen LogP contribution in [0.15, 0.2) is 97.1 Å². The van der Waals surface area contributed by atoms with E-state index in [2.05, 4.69) is 77.4 Å². The molecule has 6 rings (SSSR count). The van der Waals surface area contributed by atoms with E-state index in [-0.39, 0.29) is 11.9 Å². The summed E-state index contributed by atoms with van der Waals surface area (Å²) >= 11 is 0. The maximum atomic E-state index is 12.8. The fourth-order valence-electron chi connectivity index (χ4n) is 5.49. The van der Waals surface area contributed by atoms with Crippen LogP contribution in [0.3, 0.4) is 0 Å². The Hall–Kier alpha value is -3.85. The van der Waals surface area contributed by atoms with Crippen molar-refractivity contribution in [2.75, 3.05) is 10.6 Å². The Morgan fingerprint density at radius 3 is 2.67 bits per heavy atom. The normalized spacial score (nSPS) is 20.7. The molecule has 1 heterocycles. The second-order valence-corrected chi connectivity index (χ2v) is 9.17. The van der Waals surface area contributed by atoms with E-state index in [1.807, 2.05) is 37.3 Å². The van der Waals surface area contributed by atoms with Gasteiger partial charge in [-0.2, -0.15) is 0 Å². The number of allylic oxidation sites excluding steroid dienone is 2. The molecule has 2 N–H and O–H groups in total. The molecule has 1 amide bonds. The van der Waals surface area contributed by atoms with Crippen LogP contribution >= 0.6 is 0 Å². The largest absolute Gasteiger partial charge is 0.378 e. The highest BCUT2D eigenvalue weighted by Gasteiger charge is 2.38. The average Bonchev–Trinajstić information content (AvgIpc) is 3.34. The third-order valence-electron chi connectivity index (χ3n) is 7.06. The molecule has 33 heavy (non-hydrogen) atoms. The lowest BCUT2D eigenvalue weighted by atomic mass is 9.76. The average molecular weight is 431 g/mol. The molecule has 0 bridgehead atoms. The molecular weight excluding hydrogens is 404 g/mol. The first-order valence-electron chi connectivity index (χ1n) is 11.6. The van der Waals surface area contributed by atoms with Crippen molar-refractivity contribution in [3.8, 4) is 0 Å². The monoisotopic (exact) mass is 430 g/mol. The third-order valence-corrected chi connectivity index (χ3v) is 7.06. The van der Waals surface area contributed by atoms with Crippen LogP contribution in [-0.4, -0.2) is 5.91 Å². The molecule has 4 aromatic carbocycles. The van der Waals surface area contributed by atoms with Crippen molar-refractivity contribution in [2.24, 2.45) is 5.92 Å². The molecule has 3 atom stereocenters. The molecule has 1 aliphatic carbocycles. The molecule has 0 saturated heterocycles. The minimum atomic E-state index is -0.0745. The number of nitrogens with one attached hydrogen (secondary N) is 2. The number of benzene rings is 4. The zero-order chi connectivity index (χ0) is 22.4. The van der Waals surface area contributed by atoms with E-state index in [9.17, 15) is 4.79 Å². The molecular formula is C30H26N2O. The summed E-state index contributed by atoms with van der Waals surface area (Å²) in [4.78, 5) is 12.8. The van der Waals surface area contributed by atoms with E-state index in [1.54, 1.807) is 0 Å². The molecule has 3 heteroatoms. The molecule has 2 aliphatic rings. The van der Waals surface area contributed by atoms with E-state index in [0.29, 0.717) is 17.4 Å². The van der Waals surface area contributed by atoms with Gasteiger partial charge in [0.15, 0.2) is 0 Å². The quantitative estimate of drug-likeness (QED) is 0.337. The van der Waals surface area contributed by atoms with E-state index in [1.165, 1.54) is 21.9 Å².